The van der Waals surface area contributed by atoms with Crippen LogP contribution in [-0.2, 0) is 11.2 Å². The smallest absolute Gasteiger partial charge is 0.330 e. The van der Waals surface area contributed by atoms with Crippen molar-refractivity contribution in [3.63, 3.8) is 0 Å². The second-order valence-electron chi connectivity index (χ2n) is 2.86. The highest BCUT2D eigenvalue weighted by Gasteiger charge is 1.99. The second-order valence-corrected chi connectivity index (χ2v) is 2.86. The van der Waals surface area contributed by atoms with Gasteiger partial charge in [-0.1, -0.05) is 12.1 Å². The SMILES string of the molecule is N/C(=C\C(=O)O)Cc1cccc(F)c1. The average Bonchev–Trinajstić information content (AvgIpc) is 2.01. The highest BCUT2D eigenvalue weighted by Crippen LogP contribution is 2.06. The highest BCUT2D eigenvalue weighted by atomic mass is 19.1. The first-order valence-electron chi connectivity index (χ1n) is 4.01. The summed E-state index contributed by atoms with van der Waals surface area (Å²) < 4.78 is 12.7. The van der Waals surface area contributed by atoms with E-state index in [9.17, 15) is 9.18 Å². The third kappa shape index (κ3) is 3.26. The van der Waals surface area contributed by atoms with Gasteiger partial charge in [0.25, 0.3) is 0 Å². The van der Waals surface area contributed by atoms with E-state index >= 15 is 0 Å². The van der Waals surface area contributed by atoms with E-state index < -0.39 is 5.97 Å². The number of allylic oxidation sites excluding steroid dienone is 1. The molecule has 1 aromatic carbocycles. The van der Waals surface area contributed by atoms with E-state index in [4.69, 9.17) is 10.8 Å². The van der Waals surface area contributed by atoms with E-state index in [0.29, 0.717) is 5.56 Å². The first-order chi connectivity index (χ1) is 6.58. The molecule has 0 unspecified atom stereocenters. The van der Waals surface area contributed by atoms with Crippen LogP contribution in [0.15, 0.2) is 36.0 Å². The number of halogens is 1. The van der Waals surface area contributed by atoms with Crippen LogP contribution in [0, 0.1) is 5.82 Å². The molecule has 0 atom stereocenters. The summed E-state index contributed by atoms with van der Waals surface area (Å²) >= 11 is 0. The lowest BCUT2D eigenvalue weighted by Crippen LogP contribution is -2.04. The first-order valence-corrected chi connectivity index (χ1v) is 4.01. The van der Waals surface area contributed by atoms with Crippen molar-refractivity contribution in [1.82, 2.24) is 0 Å². The second kappa shape index (κ2) is 4.41. The van der Waals surface area contributed by atoms with Crippen LogP contribution >= 0.6 is 0 Å². The van der Waals surface area contributed by atoms with E-state index in [-0.39, 0.29) is 17.9 Å². The predicted molar refractivity (Wildman–Crippen MR) is 50.0 cm³/mol. The van der Waals surface area contributed by atoms with Gasteiger partial charge < -0.3 is 10.8 Å². The number of hydrogen-bond donors (Lipinski definition) is 2. The Morgan fingerprint density at radius 2 is 2.29 bits per heavy atom. The standard InChI is InChI=1S/C10H10FNO2/c11-8-3-1-2-7(4-8)5-9(12)6-10(13)14/h1-4,6H,5,12H2,(H,13,14)/b9-6-. The molecule has 0 saturated carbocycles. The monoisotopic (exact) mass is 195 g/mol. The molecule has 0 spiro atoms. The highest BCUT2D eigenvalue weighted by molar-refractivity contribution is 5.80. The summed E-state index contributed by atoms with van der Waals surface area (Å²) in [5.41, 5.74) is 6.26. The van der Waals surface area contributed by atoms with Crippen molar-refractivity contribution in [3.8, 4) is 0 Å². The van der Waals surface area contributed by atoms with Gasteiger partial charge in [0.1, 0.15) is 5.82 Å². The van der Waals surface area contributed by atoms with Crippen molar-refractivity contribution in [2.75, 3.05) is 0 Å². The third-order valence-corrected chi connectivity index (χ3v) is 1.61. The van der Waals surface area contributed by atoms with E-state index in [2.05, 4.69) is 0 Å². The summed E-state index contributed by atoms with van der Waals surface area (Å²) in [5, 5.41) is 8.39. The lowest BCUT2D eigenvalue weighted by atomic mass is 10.1. The molecule has 1 aromatic rings. The summed E-state index contributed by atoms with van der Waals surface area (Å²) in [6, 6.07) is 5.88. The number of carbonyl (C=O) groups is 1. The molecular formula is C10H10FNO2. The van der Waals surface area contributed by atoms with Crippen molar-refractivity contribution < 1.29 is 14.3 Å². The van der Waals surface area contributed by atoms with Gasteiger partial charge in [-0.15, -0.1) is 0 Å². The Morgan fingerprint density at radius 1 is 1.57 bits per heavy atom. The van der Waals surface area contributed by atoms with E-state index in [1.54, 1.807) is 12.1 Å². The minimum absolute atomic E-state index is 0.197. The maximum atomic E-state index is 12.7. The van der Waals surface area contributed by atoms with Crippen LogP contribution in [0.5, 0.6) is 0 Å². The molecule has 0 fully saturated rings. The van der Waals surface area contributed by atoms with Crippen LogP contribution in [0.3, 0.4) is 0 Å². The molecule has 14 heavy (non-hydrogen) atoms. The van der Waals surface area contributed by atoms with Crippen LogP contribution in [0.2, 0.25) is 0 Å². The summed E-state index contributed by atoms with van der Waals surface area (Å²) in [6.07, 6.45) is 1.15. The van der Waals surface area contributed by atoms with Gasteiger partial charge in [0.15, 0.2) is 0 Å². The number of rotatable bonds is 3. The molecule has 0 aromatic heterocycles. The van der Waals surface area contributed by atoms with Gasteiger partial charge in [-0.25, -0.2) is 9.18 Å². The molecule has 0 bridgehead atoms. The Labute approximate surface area is 80.7 Å². The maximum absolute atomic E-state index is 12.7. The Bertz CT molecular complexity index is 374. The molecular weight excluding hydrogens is 185 g/mol. The molecule has 0 saturated heterocycles. The van der Waals surface area contributed by atoms with Crippen LogP contribution in [-0.4, -0.2) is 11.1 Å². The number of benzene rings is 1. The summed E-state index contributed by atoms with van der Waals surface area (Å²) in [6.45, 7) is 0. The zero-order valence-electron chi connectivity index (χ0n) is 7.40. The fraction of sp³-hybridized carbons (Fsp3) is 0.100. The summed E-state index contributed by atoms with van der Waals surface area (Å²) in [7, 11) is 0. The molecule has 0 aliphatic heterocycles. The van der Waals surface area contributed by atoms with Crippen LogP contribution in [0.4, 0.5) is 4.39 Å². The van der Waals surface area contributed by atoms with Crippen LogP contribution in [0.25, 0.3) is 0 Å². The zero-order valence-corrected chi connectivity index (χ0v) is 7.40. The molecule has 4 heteroatoms. The Balaban J connectivity index is 2.74. The number of nitrogens with two attached hydrogens (primary N) is 1. The van der Waals surface area contributed by atoms with Crippen molar-refractivity contribution >= 4 is 5.97 Å². The number of carboxylic acid groups (broad SMARTS) is 1. The van der Waals surface area contributed by atoms with E-state index in [1.807, 2.05) is 0 Å². The zero-order chi connectivity index (χ0) is 10.6. The molecule has 0 amide bonds. The van der Waals surface area contributed by atoms with Gasteiger partial charge in [-0.2, -0.15) is 0 Å². The molecule has 74 valence electrons. The van der Waals surface area contributed by atoms with Crippen molar-refractivity contribution in [2.45, 2.75) is 6.42 Å². The van der Waals surface area contributed by atoms with Crippen LogP contribution in [0.1, 0.15) is 5.56 Å². The van der Waals surface area contributed by atoms with Crippen molar-refractivity contribution in [1.29, 1.82) is 0 Å². The van der Waals surface area contributed by atoms with Gasteiger partial charge in [0.2, 0.25) is 0 Å². The fourth-order valence-electron chi connectivity index (χ4n) is 1.09. The lowest BCUT2D eigenvalue weighted by molar-refractivity contribution is -0.131. The molecule has 3 nitrogen and oxygen atoms in total. The third-order valence-electron chi connectivity index (χ3n) is 1.61. The minimum atomic E-state index is -1.10. The molecule has 1 rings (SSSR count). The number of aliphatic carboxylic acids is 1. The molecule has 0 heterocycles. The van der Waals surface area contributed by atoms with E-state index in [0.717, 1.165) is 6.08 Å². The minimum Gasteiger partial charge on any atom is -0.478 e. The number of hydrogen-bond acceptors (Lipinski definition) is 2. The summed E-state index contributed by atoms with van der Waals surface area (Å²) in [5.74, 6) is -1.45. The fourth-order valence-corrected chi connectivity index (χ4v) is 1.09. The molecule has 0 aliphatic carbocycles. The quantitative estimate of drug-likeness (QED) is 0.714. The molecule has 3 N–H and O–H groups in total. The van der Waals surface area contributed by atoms with Crippen LogP contribution < -0.4 is 5.73 Å². The Morgan fingerprint density at radius 3 is 2.86 bits per heavy atom. The Kier molecular flexibility index (Phi) is 3.23. The van der Waals surface area contributed by atoms with Gasteiger partial charge in [-0.05, 0) is 17.7 Å². The van der Waals surface area contributed by atoms with Gasteiger partial charge >= 0.3 is 5.97 Å². The normalized spacial score (nSPS) is 11.4. The van der Waals surface area contributed by atoms with Crippen molar-refractivity contribution in [2.24, 2.45) is 5.73 Å². The average molecular weight is 195 g/mol. The van der Waals surface area contributed by atoms with Gasteiger partial charge in [-0.3, -0.25) is 0 Å². The molecule has 0 aliphatic rings. The largest absolute Gasteiger partial charge is 0.478 e. The summed E-state index contributed by atoms with van der Waals surface area (Å²) in [4.78, 5) is 10.2. The number of carboxylic acids is 1. The Hall–Kier alpha value is -1.84. The molecule has 0 radical (unpaired) electrons. The van der Waals surface area contributed by atoms with Crippen molar-refractivity contribution in [3.05, 3.63) is 47.4 Å². The van der Waals surface area contributed by atoms with E-state index in [1.165, 1.54) is 12.1 Å². The lowest BCUT2D eigenvalue weighted by Gasteiger charge is -2.00. The van der Waals surface area contributed by atoms with Gasteiger partial charge in [0.05, 0.1) is 0 Å². The predicted octanol–water partition coefficient (Wildman–Crippen LogP) is 1.30. The maximum Gasteiger partial charge on any atom is 0.330 e. The first kappa shape index (κ1) is 10.2. The topological polar surface area (TPSA) is 63.3 Å². The van der Waals surface area contributed by atoms with Gasteiger partial charge in [0, 0.05) is 18.2 Å².